The fraction of sp³-hybridized carbons (Fsp3) is 0.500. The van der Waals surface area contributed by atoms with E-state index in [1.54, 1.807) is 0 Å². The van der Waals surface area contributed by atoms with Crippen LogP contribution < -0.4 is 0 Å². The second kappa shape index (κ2) is 7.08. The first kappa shape index (κ1) is 17.5. The number of hydrogen-bond donors (Lipinski definition) is 0. The normalized spacial score (nSPS) is 20.0. The molecule has 2 aliphatic rings. The van der Waals surface area contributed by atoms with Crippen molar-refractivity contribution in [1.29, 1.82) is 0 Å². The number of imidazole rings is 1. The molecule has 5 rings (SSSR count). The first-order valence-corrected chi connectivity index (χ1v) is 10.4. The van der Waals surface area contributed by atoms with Crippen LogP contribution in [-0.4, -0.2) is 37.9 Å². The third kappa shape index (κ3) is 3.32. The van der Waals surface area contributed by atoms with Gasteiger partial charge in [-0.2, -0.15) is 0 Å². The Morgan fingerprint density at radius 2 is 2.14 bits per heavy atom. The third-order valence-corrected chi connectivity index (χ3v) is 6.09. The summed E-state index contributed by atoms with van der Waals surface area (Å²) in [7, 11) is 0. The molecule has 0 N–H and O–H groups in total. The van der Waals surface area contributed by atoms with Crippen molar-refractivity contribution in [3.63, 3.8) is 0 Å². The van der Waals surface area contributed by atoms with Crippen LogP contribution >= 0.6 is 0 Å². The molecule has 1 atom stereocenters. The zero-order valence-corrected chi connectivity index (χ0v) is 16.3. The topological polar surface area (TPSA) is 64.2 Å². The smallest absolute Gasteiger partial charge is 0.254 e. The number of piperidine rings is 1. The maximum atomic E-state index is 13.3. The van der Waals surface area contributed by atoms with E-state index in [0.29, 0.717) is 11.5 Å². The molecule has 28 heavy (non-hydrogen) atoms. The van der Waals surface area contributed by atoms with Crippen molar-refractivity contribution in [1.82, 2.24) is 19.4 Å². The molecule has 1 saturated carbocycles. The minimum atomic E-state index is 0.110. The lowest BCUT2D eigenvalue weighted by atomic mass is 9.98. The van der Waals surface area contributed by atoms with E-state index >= 15 is 0 Å². The van der Waals surface area contributed by atoms with Crippen LogP contribution in [0.2, 0.25) is 0 Å². The maximum Gasteiger partial charge on any atom is 0.254 e. The number of fused-ring (bicyclic) bond motifs is 1. The van der Waals surface area contributed by atoms with E-state index in [4.69, 9.17) is 4.42 Å². The summed E-state index contributed by atoms with van der Waals surface area (Å²) in [5.41, 5.74) is 2.29. The number of oxazole rings is 1. The summed E-state index contributed by atoms with van der Waals surface area (Å²) < 4.78 is 8.08. The minimum absolute atomic E-state index is 0.110. The van der Waals surface area contributed by atoms with Crippen LogP contribution in [-0.2, 0) is 6.54 Å². The number of rotatable bonds is 5. The molecule has 146 valence electrons. The molecule has 1 aliphatic carbocycles. The van der Waals surface area contributed by atoms with Crippen LogP contribution in [0.15, 0.2) is 35.0 Å². The van der Waals surface area contributed by atoms with E-state index in [9.17, 15) is 4.79 Å². The van der Waals surface area contributed by atoms with Crippen molar-refractivity contribution in [3.05, 3.63) is 47.9 Å². The highest BCUT2D eigenvalue weighted by molar-refractivity contribution is 5.97. The molecule has 6 nitrogen and oxygen atoms in total. The maximum absolute atomic E-state index is 13.3. The van der Waals surface area contributed by atoms with Crippen LogP contribution in [0.1, 0.15) is 66.5 Å². The number of aromatic nitrogens is 3. The SMILES string of the molecule is Cc1nccn1CC[C@@H]1CCCCN1C(=O)c1ccc2nc(C3CC3)oc2c1. The predicted octanol–water partition coefficient (Wildman–Crippen LogP) is 4.30. The van der Waals surface area contributed by atoms with E-state index in [1.165, 1.54) is 6.42 Å². The van der Waals surface area contributed by atoms with Gasteiger partial charge in [-0.1, -0.05) is 0 Å². The number of likely N-dealkylation sites (tertiary alicyclic amines) is 1. The lowest BCUT2D eigenvalue weighted by Crippen LogP contribution is -2.44. The first-order chi connectivity index (χ1) is 13.7. The van der Waals surface area contributed by atoms with Gasteiger partial charge >= 0.3 is 0 Å². The van der Waals surface area contributed by atoms with E-state index in [-0.39, 0.29) is 11.9 Å². The lowest BCUT2D eigenvalue weighted by Gasteiger charge is -2.36. The van der Waals surface area contributed by atoms with E-state index < -0.39 is 0 Å². The lowest BCUT2D eigenvalue weighted by molar-refractivity contribution is 0.0595. The standard InChI is InChI=1S/C22H26N4O2/c1-15-23-10-13-25(15)12-9-18-4-2-3-11-26(18)22(27)17-7-8-19-20(14-17)28-21(24-19)16-5-6-16/h7-8,10,13-14,16,18H,2-6,9,11-12H2,1H3/t18-/m0/s1. The number of benzene rings is 1. The fourth-order valence-electron chi connectivity index (χ4n) is 4.24. The highest BCUT2D eigenvalue weighted by Gasteiger charge is 2.30. The molecule has 6 heteroatoms. The van der Waals surface area contributed by atoms with Gasteiger partial charge in [0.15, 0.2) is 11.5 Å². The summed E-state index contributed by atoms with van der Waals surface area (Å²) in [6, 6.07) is 5.97. The molecule has 0 bridgehead atoms. The van der Waals surface area contributed by atoms with Gasteiger partial charge in [0.2, 0.25) is 0 Å². The molecule has 2 fully saturated rings. The van der Waals surface area contributed by atoms with Gasteiger partial charge in [-0.05, 0) is 63.6 Å². The van der Waals surface area contributed by atoms with Crippen LogP contribution in [0.25, 0.3) is 11.1 Å². The van der Waals surface area contributed by atoms with Gasteiger partial charge in [0.25, 0.3) is 5.91 Å². The summed E-state index contributed by atoms with van der Waals surface area (Å²) in [5, 5.41) is 0. The van der Waals surface area contributed by atoms with Gasteiger partial charge in [0.05, 0.1) is 0 Å². The van der Waals surface area contributed by atoms with Crippen molar-refractivity contribution >= 4 is 17.0 Å². The van der Waals surface area contributed by atoms with E-state index in [1.807, 2.05) is 37.5 Å². The predicted molar refractivity (Wildman–Crippen MR) is 106 cm³/mol. The van der Waals surface area contributed by atoms with Crippen molar-refractivity contribution in [2.24, 2.45) is 0 Å². The van der Waals surface area contributed by atoms with Gasteiger partial charge in [-0.15, -0.1) is 0 Å². The molecular formula is C22H26N4O2. The second-order valence-electron chi connectivity index (χ2n) is 8.11. The highest BCUT2D eigenvalue weighted by atomic mass is 16.3. The Kier molecular flexibility index (Phi) is 4.41. The van der Waals surface area contributed by atoms with Crippen molar-refractivity contribution in [2.45, 2.75) is 64.0 Å². The Hall–Kier alpha value is -2.63. The molecule has 1 amide bonds. The molecule has 1 saturated heterocycles. The Morgan fingerprint density at radius 3 is 2.93 bits per heavy atom. The highest BCUT2D eigenvalue weighted by Crippen LogP contribution is 2.40. The molecule has 3 aromatic rings. The fourth-order valence-corrected chi connectivity index (χ4v) is 4.24. The Labute approximate surface area is 164 Å². The average molecular weight is 378 g/mol. The first-order valence-electron chi connectivity index (χ1n) is 10.4. The number of aryl methyl sites for hydroxylation is 2. The summed E-state index contributed by atoms with van der Waals surface area (Å²) >= 11 is 0. The van der Waals surface area contributed by atoms with E-state index in [2.05, 4.69) is 19.4 Å². The van der Waals surface area contributed by atoms with Gasteiger partial charge in [-0.3, -0.25) is 4.79 Å². The summed E-state index contributed by atoms with van der Waals surface area (Å²) in [4.78, 5) is 24.2. The molecule has 0 unspecified atom stereocenters. The molecule has 0 spiro atoms. The Balaban J connectivity index is 1.34. The number of hydrogen-bond acceptors (Lipinski definition) is 4. The quantitative estimate of drug-likeness (QED) is 0.664. The number of carbonyl (C=O) groups is 1. The van der Waals surface area contributed by atoms with Crippen molar-refractivity contribution in [2.75, 3.05) is 6.54 Å². The van der Waals surface area contributed by atoms with Gasteiger partial charge in [0, 0.05) is 43.0 Å². The average Bonchev–Trinajstić information content (AvgIpc) is 3.36. The number of nitrogens with zero attached hydrogens (tertiary/aromatic N) is 4. The van der Waals surface area contributed by atoms with Gasteiger partial charge in [-0.25, -0.2) is 9.97 Å². The third-order valence-electron chi connectivity index (χ3n) is 6.09. The molecule has 1 aromatic carbocycles. The molecular weight excluding hydrogens is 352 g/mol. The summed E-state index contributed by atoms with van der Waals surface area (Å²) in [6.45, 7) is 3.74. The molecule has 2 aromatic heterocycles. The monoisotopic (exact) mass is 378 g/mol. The van der Waals surface area contributed by atoms with Gasteiger partial charge in [0.1, 0.15) is 11.3 Å². The zero-order valence-electron chi connectivity index (χ0n) is 16.3. The van der Waals surface area contributed by atoms with Crippen LogP contribution in [0, 0.1) is 6.92 Å². The van der Waals surface area contributed by atoms with Gasteiger partial charge < -0.3 is 13.9 Å². The Bertz CT molecular complexity index is 1000. The van der Waals surface area contributed by atoms with Crippen molar-refractivity contribution < 1.29 is 9.21 Å². The number of carbonyl (C=O) groups excluding carboxylic acids is 1. The summed E-state index contributed by atoms with van der Waals surface area (Å²) in [5.74, 6) is 2.44. The van der Waals surface area contributed by atoms with E-state index in [0.717, 1.165) is 68.0 Å². The molecule has 3 heterocycles. The second-order valence-corrected chi connectivity index (χ2v) is 8.11. The number of amides is 1. The van der Waals surface area contributed by atoms with Crippen LogP contribution in [0.5, 0.6) is 0 Å². The summed E-state index contributed by atoms with van der Waals surface area (Å²) in [6.07, 6.45) is 10.4. The Morgan fingerprint density at radius 1 is 1.25 bits per heavy atom. The zero-order chi connectivity index (χ0) is 19.1. The minimum Gasteiger partial charge on any atom is -0.440 e. The van der Waals surface area contributed by atoms with Crippen molar-refractivity contribution in [3.8, 4) is 0 Å². The molecule has 1 aliphatic heterocycles. The van der Waals surface area contributed by atoms with Crippen LogP contribution in [0.4, 0.5) is 0 Å². The largest absolute Gasteiger partial charge is 0.440 e. The molecule has 0 radical (unpaired) electrons. The van der Waals surface area contributed by atoms with Crippen LogP contribution in [0.3, 0.4) is 0 Å².